The molecule has 0 unspecified atom stereocenters. The van der Waals surface area contributed by atoms with Crippen LogP contribution in [-0.2, 0) is 20.1 Å². The average Bonchev–Trinajstić information content (AvgIpc) is 3.94. The summed E-state index contributed by atoms with van der Waals surface area (Å²) in [5.74, 6) is 0.889. The first-order chi connectivity index (χ1) is 29.8. The summed E-state index contributed by atoms with van der Waals surface area (Å²) in [7, 11) is 0. The van der Waals surface area contributed by atoms with Gasteiger partial charge in [-0.05, 0) is 57.3 Å². The zero-order valence-electron chi connectivity index (χ0n) is 32.9. The van der Waals surface area contributed by atoms with Crippen molar-refractivity contribution in [3.63, 3.8) is 0 Å². The number of para-hydroxylation sites is 3. The average molecular weight is 976 g/mol. The van der Waals surface area contributed by atoms with Crippen LogP contribution >= 0.6 is 11.3 Å². The van der Waals surface area contributed by atoms with Gasteiger partial charge < -0.3 is 9.55 Å². The first-order valence-corrected chi connectivity index (χ1v) is 20.8. The van der Waals surface area contributed by atoms with Crippen molar-refractivity contribution in [2.24, 2.45) is 0 Å². The molecule has 3 heterocycles. The molecule has 0 bridgehead atoms. The van der Waals surface area contributed by atoms with Crippen LogP contribution in [0.15, 0.2) is 225 Å². The molecule has 0 amide bonds. The molecule has 293 valence electrons. The standard InChI is InChI=1S/C45H29N2S.C11H8N.Ir/c1-4-13-31(14-5-1)32-23-25-33(26-24-32)36-27-28-43-39(29-36)40(30-48-43)45-46-41-21-10-11-22-42(41)47(45)44-37(34-15-6-2-7-16-34)19-12-20-38(44)35-17-8-3-9-18-35;1-2-6-10(7-3-1)11-8-4-5-9-12-11;/h1-29H;1-6,8-9H;/q2*-1;. The minimum atomic E-state index is 0. The van der Waals surface area contributed by atoms with E-state index in [2.05, 4.69) is 197 Å². The Labute approximate surface area is 373 Å². The third-order valence-corrected chi connectivity index (χ3v) is 11.6. The van der Waals surface area contributed by atoms with Gasteiger partial charge in [-0.1, -0.05) is 192 Å². The molecule has 0 aliphatic carbocycles. The normalized spacial score (nSPS) is 10.8. The van der Waals surface area contributed by atoms with Gasteiger partial charge in [-0.25, -0.2) is 0 Å². The number of fused-ring (bicyclic) bond motifs is 2. The molecule has 0 aliphatic rings. The molecule has 0 fully saturated rings. The zero-order valence-corrected chi connectivity index (χ0v) is 36.2. The van der Waals surface area contributed by atoms with Crippen molar-refractivity contribution in [2.45, 2.75) is 0 Å². The van der Waals surface area contributed by atoms with Gasteiger partial charge in [0.1, 0.15) is 0 Å². The van der Waals surface area contributed by atoms with Crippen molar-refractivity contribution in [1.82, 2.24) is 14.5 Å². The summed E-state index contributed by atoms with van der Waals surface area (Å²) < 4.78 is 3.55. The Morgan fingerprint density at radius 3 is 1.69 bits per heavy atom. The zero-order chi connectivity index (χ0) is 40.1. The SMILES string of the molecule is [Ir].[c-]1ccccc1-c1ccccn1.[c-]1sc2ccc(-c3ccc(-c4ccccc4)cc3)cc2c1-c1nc2ccccc2n1-c1c(-c2ccccc2)cccc1-c1ccccc1. The van der Waals surface area contributed by atoms with Crippen molar-refractivity contribution >= 4 is 32.5 Å². The van der Waals surface area contributed by atoms with E-state index in [9.17, 15) is 0 Å². The molecule has 0 aliphatic heterocycles. The van der Waals surface area contributed by atoms with E-state index in [4.69, 9.17) is 4.98 Å². The molecule has 8 aromatic carbocycles. The molecule has 0 spiro atoms. The van der Waals surface area contributed by atoms with Crippen LogP contribution in [0.25, 0.3) is 94.0 Å². The van der Waals surface area contributed by atoms with E-state index < -0.39 is 0 Å². The monoisotopic (exact) mass is 976 g/mol. The fourth-order valence-electron chi connectivity index (χ4n) is 7.79. The predicted octanol–water partition coefficient (Wildman–Crippen LogP) is 14.9. The number of benzene rings is 8. The Morgan fingerprint density at radius 2 is 1.05 bits per heavy atom. The number of pyridine rings is 1. The molecular weight excluding hydrogens is 939 g/mol. The molecular formula is C56H37IrN3S-2. The van der Waals surface area contributed by atoms with E-state index in [1.165, 1.54) is 27.0 Å². The number of rotatable bonds is 7. The quantitative estimate of drug-likeness (QED) is 0.149. The van der Waals surface area contributed by atoms with Gasteiger partial charge >= 0.3 is 0 Å². The summed E-state index contributed by atoms with van der Waals surface area (Å²) in [6, 6.07) is 79.3. The second-order valence-corrected chi connectivity index (χ2v) is 15.3. The number of aromatic nitrogens is 3. The summed E-state index contributed by atoms with van der Waals surface area (Å²) in [5.41, 5.74) is 15.6. The maximum Gasteiger partial charge on any atom is 0.0774 e. The Balaban J connectivity index is 0.000000316. The molecule has 5 heteroatoms. The fourth-order valence-corrected chi connectivity index (χ4v) is 8.61. The van der Waals surface area contributed by atoms with Gasteiger partial charge in [-0.15, -0.1) is 41.3 Å². The molecule has 11 aromatic rings. The number of nitrogens with zero attached hydrogens (tertiary/aromatic N) is 3. The smallest absolute Gasteiger partial charge is 0.0774 e. The third kappa shape index (κ3) is 8.15. The van der Waals surface area contributed by atoms with E-state index in [0.29, 0.717) is 0 Å². The molecule has 3 nitrogen and oxygen atoms in total. The minimum Gasteiger partial charge on any atom is -0.332 e. The summed E-state index contributed by atoms with van der Waals surface area (Å²) in [6.07, 6.45) is 1.79. The van der Waals surface area contributed by atoms with E-state index in [0.717, 1.165) is 67.0 Å². The van der Waals surface area contributed by atoms with Gasteiger partial charge in [-0.2, -0.15) is 0 Å². The van der Waals surface area contributed by atoms with Gasteiger partial charge in [0.2, 0.25) is 0 Å². The van der Waals surface area contributed by atoms with E-state index in [1.807, 2.05) is 42.5 Å². The van der Waals surface area contributed by atoms with Gasteiger partial charge in [0.05, 0.1) is 22.5 Å². The van der Waals surface area contributed by atoms with Gasteiger partial charge in [0.15, 0.2) is 0 Å². The number of hydrogen-bond donors (Lipinski definition) is 0. The van der Waals surface area contributed by atoms with Crippen molar-refractivity contribution in [3.8, 4) is 72.8 Å². The van der Waals surface area contributed by atoms with Crippen molar-refractivity contribution in [3.05, 3.63) is 236 Å². The maximum absolute atomic E-state index is 5.34. The number of hydrogen-bond acceptors (Lipinski definition) is 3. The number of imidazole rings is 1. The van der Waals surface area contributed by atoms with Crippen molar-refractivity contribution in [1.29, 1.82) is 0 Å². The molecule has 0 atom stereocenters. The summed E-state index contributed by atoms with van der Waals surface area (Å²) in [6.45, 7) is 0. The van der Waals surface area contributed by atoms with Gasteiger partial charge in [0, 0.05) is 37.4 Å². The van der Waals surface area contributed by atoms with Crippen LogP contribution in [0, 0.1) is 11.4 Å². The summed E-state index contributed by atoms with van der Waals surface area (Å²) in [5, 5.41) is 4.84. The van der Waals surface area contributed by atoms with Crippen LogP contribution in [0.4, 0.5) is 0 Å². The first kappa shape index (κ1) is 39.5. The Kier molecular flexibility index (Phi) is 11.7. The molecule has 0 saturated heterocycles. The largest absolute Gasteiger partial charge is 0.332 e. The molecule has 0 saturated carbocycles. The minimum absolute atomic E-state index is 0. The van der Waals surface area contributed by atoms with Crippen molar-refractivity contribution in [2.75, 3.05) is 0 Å². The number of thiophene rings is 1. The molecule has 11 rings (SSSR count). The van der Waals surface area contributed by atoms with Crippen LogP contribution in [-0.4, -0.2) is 14.5 Å². The van der Waals surface area contributed by atoms with E-state index >= 15 is 0 Å². The second-order valence-electron chi connectivity index (χ2n) is 14.4. The molecule has 61 heavy (non-hydrogen) atoms. The van der Waals surface area contributed by atoms with Gasteiger partial charge in [-0.3, -0.25) is 16.3 Å². The molecule has 1 radical (unpaired) electrons. The van der Waals surface area contributed by atoms with E-state index in [-0.39, 0.29) is 20.1 Å². The molecule has 0 N–H and O–H groups in total. The van der Waals surface area contributed by atoms with Gasteiger partial charge in [0.25, 0.3) is 0 Å². The fraction of sp³-hybridized carbons (Fsp3) is 0. The van der Waals surface area contributed by atoms with Crippen LogP contribution < -0.4 is 0 Å². The van der Waals surface area contributed by atoms with Crippen LogP contribution in [0.3, 0.4) is 0 Å². The Bertz CT molecular complexity index is 3070. The summed E-state index contributed by atoms with van der Waals surface area (Å²) >= 11 is 1.65. The molecule has 3 aromatic heterocycles. The van der Waals surface area contributed by atoms with Crippen molar-refractivity contribution < 1.29 is 20.1 Å². The maximum atomic E-state index is 5.34. The predicted molar refractivity (Wildman–Crippen MR) is 251 cm³/mol. The van der Waals surface area contributed by atoms with Crippen LogP contribution in [0.5, 0.6) is 0 Å². The Morgan fingerprint density at radius 1 is 0.475 bits per heavy atom. The first-order valence-electron chi connectivity index (χ1n) is 20.0. The topological polar surface area (TPSA) is 30.7 Å². The third-order valence-electron chi connectivity index (χ3n) is 10.7. The Hall–Kier alpha value is -7.01. The summed E-state index contributed by atoms with van der Waals surface area (Å²) in [4.78, 5) is 9.55. The van der Waals surface area contributed by atoms with Crippen LogP contribution in [0.1, 0.15) is 0 Å². The van der Waals surface area contributed by atoms with Crippen LogP contribution in [0.2, 0.25) is 0 Å². The van der Waals surface area contributed by atoms with E-state index in [1.54, 1.807) is 17.5 Å². The second kappa shape index (κ2) is 18.1.